The van der Waals surface area contributed by atoms with Crippen LogP contribution in [-0.2, 0) is 21.4 Å². The molecule has 1 saturated carbocycles. The molecule has 7 nitrogen and oxygen atoms in total. The monoisotopic (exact) mass is 314 g/mol. The molecule has 1 amide bonds. The first-order valence-electron chi connectivity index (χ1n) is 7.19. The Morgan fingerprint density at radius 1 is 1.52 bits per heavy atom. The molecule has 2 rings (SSSR count). The van der Waals surface area contributed by atoms with E-state index in [1.54, 1.807) is 0 Å². The highest BCUT2D eigenvalue weighted by atomic mass is 32.2. The summed E-state index contributed by atoms with van der Waals surface area (Å²) in [4.78, 5) is 11.9. The second-order valence-electron chi connectivity index (χ2n) is 5.77. The van der Waals surface area contributed by atoms with Gasteiger partial charge in [-0.2, -0.15) is 5.10 Å². The van der Waals surface area contributed by atoms with E-state index < -0.39 is 10.0 Å². The van der Waals surface area contributed by atoms with Gasteiger partial charge in [0.25, 0.3) is 0 Å². The third kappa shape index (κ3) is 4.82. The number of aromatic nitrogens is 2. The fourth-order valence-corrected chi connectivity index (χ4v) is 3.16. The van der Waals surface area contributed by atoms with Crippen LogP contribution in [-0.4, -0.2) is 30.1 Å². The van der Waals surface area contributed by atoms with Crippen LogP contribution in [0.1, 0.15) is 39.0 Å². The Bertz CT molecular complexity index is 596. The molecular formula is C13H22N4O3S. The number of primary sulfonamides is 1. The second kappa shape index (κ2) is 6.57. The van der Waals surface area contributed by atoms with Crippen molar-refractivity contribution < 1.29 is 13.2 Å². The van der Waals surface area contributed by atoms with Crippen LogP contribution in [0.3, 0.4) is 0 Å². The van der Waals surface area contributed by atoms with Gasteiger partial charge in [-0.15, -0.1) is 0 Å². The van der Waals surface area contributed by atoms with Gasteiger partial charge in [-0.05, 0) is 18.8 Å². The number of nitrogens with one attached hydrogen (secondary N) is 1. The predicted molar refractivity (Wildman–Crippen MR) is 77.8 cm³/mol. The SMILES string of the molecule is C[C@H]1CCC[C@@H](NC(=O)CCn2cc(S(N)(=O)=O)cn2)C1. The summed E-state index contributed by atoms with van der Waals surface area (Å²) < 4.78 is 23.7. The van der Waals surface area contributed by atoms with Crippen LogP contribution < -0.4 is 10.5 Å². The third-order valence-corrected chi connectivity index (χ3v) is 4.68. The first-order valence-corrected chi connectivity index (χ1v) is 8.74. The number of nitrogens with two attached hydrogens (primary N) is 1. The van der Waals surface area contributed by atoms with Crippen molar-refractivity contribution in [2.75, 3.05) is 0 Å². The lowest BCUT2D eigenvalue weighted by Gasteiger charge is -2.27. The number of carbonyl (C=O) groups excluding carboxylic acids is 1. The molecule has 0 spiro atoms. The smallest absolute Gasteiger partial charge is 0.241 e. The van der Waals surface area contributed by atoms with Crippen LogP contribution in [0.4, 0.5) is 0 Å². The van der Waals surface area contributed by atoms with E-state index in [0.717, 1.165) is 19.3 Å². The summed E-state index contributed by atoms with van der Waals surface area (Å²) in [6.07, 6.45) is 7.26. The second-order valence-corrected chi connectivity index (χ2v) is 7.33. The van der Waals surface area contributed by atoms with Crippen LogP contribution in [0.5, 0.6) is 0 Å². The zero-order valence-corrected chi connectivity index (χ0v) is 13.0. The van der Waals surface area contributed by atoms with Crippen molar-refractivity contribution in [3.05, 3.63) is 12.4 Å². The molecule has 2 atom stereocenters. The highest BCUT2D eigenvalue weighted by molar-refractivity contribution is 7.89. The molecular weight excluding hydrogens is 292 g/mol. The van der Waals surface area contributed by atoms with E-state index in [4.69, 9.17) is 5.14 Å². The number of nitrogens with zero attached hydrogens (tertiary/aromatic N) is 2. The van der Waals surface area contributed by atoms with Gasteiger partial charge in [0.05, 0.1) is 6.20 Å². The fourth-order valence-electron chi connectivity index (χ4n) is 2.69. The van der Waals surface area contributed by atoms with Gasteiger partial charge >= 0.3 is 0 Å². The van der Waals surface area contributed by atoms with Gasteiger partial charge in [0.2, 0.25) is 15.9 Å². The van der Waals surface area contributed by atoms with Gasteiger partial charge in [0, 0.05) is 25.2 Å². The molecule has 1 aromatic heterocycles. The van der Waals surface area contributed by atoms with Gasteiger partial charge in [0.1, 0.15) is 4.90 Å². The van der Waals surface area contributed by atoms with Crippen LogP contribution in [0.25, 0.3) is 0 Å². The number of carbonyl (C=O) groups is 1. The molecule has 0 unspecified atom stereocenters. The number of sulfonamides is 1. The zero-order valence-electron chi connectivity index (χ0n) is 12.2. The topological polar surface area (TPSA) is 107 Å². The minimum Gasteiger partial charge on any atom is -0.353 e. The Morgan fingerprint density at radius 3 is 2.90 bits per heavy atom. The number of aryl methyl sites for hydroxylation is 1. The third-order valence-electron chi connectivity index (χ3n) is 3.81. The van der Waals surface area contributed by atoms with Crippen molar-refractivity contribution >= 4 is 15.9 Å². The Morgan fingerprint density at radius 2 is 2.29 bits per heavy atom. The van der Waals surface area contributed by atoms with E-state index in [-0.39, 0.29) is 23.3 Å². The first-order chi connectivity index (χ1) is 9.84. The maximum absolute atomic E-state index is 11.9. The Labute approximate surface area is 124 Å². The van der Waals surface area contributed by atoms with Crippen LogP contribution in [0.15, 0.2) is 17.3 Å². The summed E-state index contributed by atoms with van der Waals surface area (Å²) in [5.74, 6) is 0.634. The lowest BCUT2D eigenvalue weighted by atomic mass is 9.87. The molecule has 1 heterocycles. The highest BCUT2D eigenvalue weighted by Gasteiger charge is 2.20. The molecule has 8 heteroatoms. The lowest BCUT2D eigenvalue weighted by molar-refractivity contribution is -0.122. The average molecular weight is 314 g/mol. The summed E-state index contributed by atoms with van der Waals surface area (Å²) >= 11 is 0. The van der Waals surface area contributed by atoms with E-state index in [2.05, 4.69) is 17.3 Å². The molecule has 0 aromatic carbocycles. The quantitative estimate of drug-likeness (QED) is 0.830. The van der Waals surface area contributed by atoms with Crippen molar-refractivity contribution in [1.82, 2.24) is 15.1 Å². The van der Waals surface area contributed by atoms with Crippen LogP contribution in [0, 0.1) is 5.92 Å². The molecule has 0 saturated heterocycles. The van der Waals surface area contributed by atoms with E-state index in [1.807, 2.05) is 0 Å². The number of hydrogen-bond acceptors (Lipinski definition) is 4. The van der Waals surface area contributed by atoms with Crippen LogP contribution >= 0.6 is 0 Å². The Balaban J connectivity index is 1.80. The van der Waals surface area contributed by atoms with Crippen molar-refractivity contribution in [2.24, 2.45) is 11.1 Å². The number of rotatable bonds is 5. The number of hydrogen-bond donors (Lipinski definition) is 2. The standard InChI is InChI=1S/C13H22N4O3S/c1-10-3-2-4-11(7-10)16-13(18)5-6-17-9-12(8-15-17)21(14,19)20/h8-11H,2-7H2,1H3,(H,16,18)(H2,14,19,20)/t10-,11+/m0/s1. The average Bonchev–Trinajstić information content (AvgIpc) is 2.85. The van der Waals surface area contributed by atoms with Gasteiger partial charge < -0.3 is 5.32 Å². The molecule has 1 fully saturated rings. The van der Waals surface area contributed by atoms with Gasteiger partial charge in [-0.1, -0.05) is 19.8 Å². The minimum absolute atomic E-state index is 0.0262. The van der Waals surface area contributed by atoms with Crippen molar-refractivity contribution in [2.45, 2.75) is 56.5 Å². The summed E-state index contributed by atoms with van der Waals surface area (Å²) in [5.41, 5.74) is 0. The zero-order chi connectivity index (χ0) is 15.5. The largest absolute Gasteiger partial charge is 0.353 e. The Kier molecular flexibility index (Phi) is 5.00. The van der Waals surface area contributed by atoms with E-state index in [9.17, 15) is 13.2 Å². The molecule has 118 valence electrons. The van der Waals surface area contributed by atoms with E-state index in [1.165, 1.54) is 23.5 Å². The van der Waals surface area contributed by atoms with Crippen molar-refractivity contribution in [3.8, 4) is 0 Å². The molecule has 1 aromatic rings. The molecule has 0 radical (unpaired) electrons. The molecule has 21 heavy (non-hydrogen) atoms. The summed E-state index contributed by atoms with van der Waals surface area (Å²) in [5, 5.41) is 11.9. The van der Waals surface area contributed by atoms with Gasteiger partial charge in [-0.3, -0.25) is 9.48 Å². The molecule has 3 N–H and O–H groups in total. The molecule has 1 aliphatic carbocycles. The predicted octanol–water partition coefficient (Wildman–Crippen LogP) is 0.616. The summed E-state index contributed by atoms with van der Waals surface area (Å²) in [7, 11) is -3.73. The lowest BCUT2D eigenvalue weighted by Crippen LogP contribution is -2.38. The van der Waals surface area contributed by atoms with E-state index in [0.29, 0.717) is 12.5 Å². The molecule has 0 bridgehead atoms. The highest BCUT2D eigenvalue weighted by Crippen LogP contribution is 2.23. The van der Waals surface area contributed by atoms with Gasteiger partial charge in [0.15, 0.2) is 0 Å². The molecule has 0 aliphatic heterocycles. The van der Waals surface area contributed by atoms with Crippen molar-refractivity contribution in [3.63, 3.8) is 0 Å². The minimum atomic E-state index is -3.73. The van der Waals surface area contributed by atoms with Crippen LogP contribution in [0.2, 0.25) is 0 Å². The normalized spacial score (nSPS) is 23.0. The van der Waals surface area contributed by atoms with Crippen molar-refractivity contribution in [1.29, 1.82) is 0 Å². The van der Waals surface area contributed by atoms with Gasteiger partial charge in [-0.25, -0.2) is 13.6 Å². The first kappa shape index (κ1) is 16.0. The molecule has 1 aliphatic rings. The Hall–Kier alpha value is -1.41. The maximum atomic E-state index is 11.9. The van der Waals surface area contributed by atoms with E-state index >= 15 is 0 Å². The number of amides is 1. The fraction of sp³-hybridized carbons (Fsp3) is 0.692. The summed E-state index contributed by atoms with van der Waals surface area (Å²) in [6, 6.07) is 0.263. The maximum Gasteiger partial charge on any atom is 0.241 e. The summed E-state index contributed by atoms with van der Waals surface area (Å²) in [6.45, 7) is 2.54.